The van der Waals surface area contributed by atoms with Crippen molar-refractivity contribution in [1.82, 2.24) is 16.0 Å². The van der Waals surface area contributed by atoms with Crippen molar-refractivity contribution in [2.45, 2.75) is 51.9 Å². The molecule has 1 aromatic carbocycles. The molecular formula is C20H27N3O7. The van der Waals surface area contributed by atoms with E-state index in [1.807, 2.05) is 6.07 Å². The number of carboxylic acid groups (broad SMARTS) is 1. The first kappa shape index (κ1) is 24.6. The first-order chi connectivity index (χ1) is 14.1. The highest BCUT2D eigenvalue weighted by Crippen LogP contribution is 2.05. The summed E-state index contributed by atoms with van der Waals surface area (Å²) in [6, 6.07) is 5.79. The Morgan fingerprint density at radius 3 is 2.17 bits per heavy atom. The van der Waals surface area contributed by atoms with Gasteiger partial charge in [-0.2, -0.15) is 0 Å². The second-order valence-corrected chi connectivity index (χ2v) is 7.01. The predicted molar refractivity (Wildman–Crippen MR) is 106 cm³/mol. The molecule has 0 aliphatic heterocycles. The van der Waals surface area contributed by atoms with Crippen LogP contribution in [0.1, 0.15) is 32.8 Å². The maximum Gasteiger partial charge on any atom is 0.408 e. The maximum absolute atomic E-state index is 12.5. The van der Waals surface area contributed by atoms with Crippen LogP contribution in [0, 0.1) is 5.92 Å². The molecule has 3 atom stereocenters. The van der Waals surface area contributed by atoms with Crippen molar-refractivity contribution < 1.29 is 33.8 Å². The van der Waals surface area contributed by atoms with Gasteiger partial charge in [-0.25, -0.2) is 4.79 Å². The minimum Gasteiger partial charge on any atom is -0.481 e. The molecule has 10 heteroatoms. The fourth-order valence-corrected chi connectivity index (χ4v) is 2.42. The molecule has 30 heavy (non-hydrogen) atoms. The zero-order valence-corrected chi connectivity index (χ0v) is 17.1. The van der Waals surface area contributed by atoms with Gasteiger partial charge in [0, 0.05) is 0 Å². The monoisotopic (exact) mass is 421 g/mol. The van der Waals surface area contributed by atoms with Gasteiger partial charge < -0.3 is 30.6 Å². The van der Waals surface area contributed by atoms with E-state index in [0.717, 1.165) is 5.56 Å². The topological polar surface area (TPSA) is 151 Å². The molecule has 0 aromatic heterocycles. The van der Waals surface area contributed by atoms with Crippen molar-refractivity contribution in [3.63, 3.8) is 0 Å². The summed E-state index contributed by atoms with van der Waals surface area (Å²) < 4.78 is 5.11. The van der Waals surface area contributed by atoms with Crippen molar-refractivity contribution in [1.29, 1.82) is 0 Å². The Labute approximate surface area is 174 Å². The van der Waals surface area contributed by atoms with Crippen LogP contribution in [0.25, 0.3) is 0 Å². The molecule has 3 amide bonds. The standard InChI is InChI=1S/C20H27N3O7/c1-12(2)17(23-20(29)30-11-14-7-5-4-6-8-14)19(28)21-13(3)18(27)22-15(10-24)9-16(25)26/h4-8,10,12-13,15,17H,9,11H2,1-3H3,(H,21,28)(H,22,27)(H,23,29)(H,25,26)/t13-,15+,17-/m0/s1. The summed E-state index contributed by atoms with van der Waals surface area (Å²) in [6.45, 7) is 4.83. The van der Waals surface area contributed by atoms with Crippen LogP contribution in [-0.2, 0) is 30.5 Å². The van der Waals surface area contributed by atoms with Gasteiger partial charge >= 0.3 is 12.1 Å². The van der Waals surface area contributed by atoms with Crippen LogP contribution in [0.15, 0.2) is 30.3 Å². The van der Waals surface area contributed by atoms with Crippen molar-refractivity contribution in [3.8, 4) is 0 Å². The fraction of sp³-hybridized carbons (Fsp3) is 0.450. The molecule has 0 heterocycles. The molecule has 1 rings (SSSR count). The van der Waals surface area contributed by atoms with Crippen LogP contribution in [0.3, 0.4) is 0 Å². The SMILES string of the molecule is CC(C)[C@H](NC(=O)OCc1ccccc1)C(=O)N[C@@H](C)C(=O)N[C@@H](C=O)CC(=O)O. The van der Waals surface area contributed by atoms with Crippen molar-refractivity contribution in [2.75, 3.05) is 0 Å². The first-order valence-electron chi connectivity index (χ1n) is 9.39. The lowest BCUT2D eigenvalue weighted by Crippen LogP contribution is -2.55. The number of benzene rings is 1. The summed E-state index contributed by atoms with van der Waals surface area (Å²) in [5.41, 5.74) is 0.787. The Bertz CT molecular complexity index is 752. The van der Waals surface area contributed by atoms with Gasteiger partial charge in [-0.3, -0.25) is 14.4 Å². The third-order valence-corrected chi connectivity index (χ3v) is 4.07. The van der Waals surface area contributed by atoms with E-state index in [9.17, 15) is 24.0 Å². The lowest BCUT2D eigenvalue weighted by molar-refractivity contribution is -0.139. The summed E-state index contributed by atoms with van der Waals surface area (Å²) in [6.07, 6.45) is -1.05. The number of amides is 3. The highest BCUT2D eigenvalue weighted by atomic mass is 16.5. The van der Waals surface area contributed by atoms with Gasteiger partial charge in [0.1, 0.15) is 25.0 Å². The molecule has 0 spiro atoms. The summed E-state index contributed by atoms with van der Waals surface area (Å²) in [5.74, 6) is -2.90. The van der Waals surface area contributed by atoms with Crippen LogP contribution in [0.2, 0.25) is 0 Å². The average Bonchev–Trinajstić information content (AvgIpc) is 2.69. The van der Waals surface area contributed by atoms with E-state index in [-0.39, 0.29) is 12.5 Å². The molecular weight excluding hydrogens is 394 g/mol. The van der Waals surface area contributed by atoms with Gasteiger partial charge in [-0.15, -0.1) is 0 Å². The highest BCUT2D eigenvalue weighted by molar-refractivity contribution is 5.92. The van der Waals surface area contributed by atoms with E-state index < -0.39 is 48.4 Å². The van der Waals surface area contributed by atoms with Crippen LogP contribution in [-0.4, -0.2) is 53.4 Å². The Morgan fingerprint density at radius 2 is 1.63 bits per heavy atom. The van der Waals surface area contributed by atoms with Crippen LogP contribution >= 0.6 is 0 Å². The summed E-state index contributed by atoms with van der Waals surface area (Å²) in [4.78, 5) is 58.2. The smallest absolute Gasteiger partial charge is 0.408 e. The number of hydrogen-bond donors (Lipinski definition) is 4. The Morgan fingerprint density at radius 1 is 1.00 bits per heavy atom. The zero-order valence-electron chi connectivity index (χ0n) is 17.1. The van der Waals surface area contributed by atoms with Crippen LogP contribution in [0.4, 0.5) is 4.79 Å². The maximum atomic E-state index is 12.5. The largest absolute Gasteiger partial charge is 0.481 e. The highest BCUT2D eigenvalue weighted by Gasteiger charge is 2.28. The number of aldehydes is 1. The second kappa shape index (κ2) is 12.2. The predicted octanol–water partition coefficient (Wildman–Crippen LogP) is 0.601. The number of alkyl carbamates (subject to hydrolysis) is 1. The molecule has 1 aromatic rings. The third kappa shape index (κ3) is 8.72. The minimum absolute atomic E-state index is 0.0363. The van der Waals surface area contributed by atoms with Crippen LogP contribution in [0.5, 0.6) is 0 Å². The Balaban J connectivity index is 2.60. The van der Waals surface area contributed by atoms with Gasteiger partial charge in [-0.1, -0.05) is 44.2 Å². The normalized spacial score (nSPS) is 13.5. The van der Waals surface area contributed by atoms with Crippen LogP contribution < -0.4 is 16.0 Å². The number of carbonyl (C=O) groups is 5. The van der Waals surface area contributed by atoms with E-state index in [0.29, 0.717) is 6.29 Å². The second-order valence-electron chi connectivity index (χ2n) is 7.01. The van der Waals surface area contributed by atoms with Gasteiger partial charge in [0.05, 0.1) is 12.5 Å². The molecule has 0 fully saturated rings. The van der Waals surface area contributed by atoms with E-state index >= 15 is 0 Å². The molecule has 0 aliphatic rings. The van der Waals surface area contributed by atoms with Gasteiger partial charge in [0.15, 0.2) is 0 Å². The molecule has 4 N–H and O–H groups in total. The lowest BCUT2D eigenvalue weighted by Gasteiger charge is -2.24. The molecule has 0 bridgehead atoms. The number of aliphatic carboxylic acids is 1. The molecule has 0 saturated heterocycles. The first-order valence-corrected chi connectivity index (χ1v) is 9.39. The lowest BCUT2D eigenvalue weighted by atomic mass is 10.0. The summed E-state index contributed by atoms with van der Waals surface area (Å²) >= 11 is 0. The minimum atomic E-state index is -1.25. The summed E-state index contributed by atoms with van der Waals surface area (Å²) in [7, 11) is 0. The van der Waals surface area contributed by atoms with E-state index in [2.05, 4.69) is 16.0 Å². The number of carbonyl (C=O) groups excluding carboxylic acids is 4. The van der Waals surface area contributed by atoms with E-state index in [4.69, 9.17) is 9.84 Å². The number of hydrogen-bond acceptors (Lipinski definition) is 6. The van der Waals surface area contributed by atoms with Gasteiger partial charge in [0.25, 0.3) is 0 Å². The third-order valence-electron chi connectivity index (χ3n) is 4.07. The van der Waals surface area contributed by atoms with Crippen molar-refractivity contribution in [2.24, 2.45) is 5.92 Å². The van der Waals surface area contributed by atoms with Crippen molar-refractivity contribution in [3.05, 3.63) is 35.9 Å². The number of ether oxygens (including phenoxy) is 1. The van der Waals surface area contributed by atoms with Gasteiger partial charge in [0.2, 0.25) is 11.8 Å². The average molecular weight is 421 g/mol. The molecule has 0 aliphatic carbocycles. The molecule has 10 nitrogen and oxygen atoms in total. The molecule has 0 saturated carbocycles. The van der Waals surface area contributed by atoms with E-state index in [1.54, 1.807) is 38.1 Å². The number of carboxylic acids is 1. The number of rotatable bonds is 11. The Kier molecular flexibility index (Phi) is 10.0. The number of nitrogens with one attached hydrogen (secondary N) is 3. The molecule has 0 unspecified atom stereocenters. The van der Waals surface area contributed by atoms with Gasteiger partial charge in [-0.05, 0) is 18.4 Å². The van der Waals surface area contributed by atoms with Crippen molar-refractivity contribution >= 4 is 30.2 Å². The fourth-order valence-electron chi connectivity index (χ4n) is 2.42. The Hall–Kier alpha value is -3.43. The molecule has 164 valence electrons. The molecule has 0 radical (unpaired) electrons. The zero-order chi connectivity index (χ0) is 22.7. The quantitative estimate of drug-likeness (QED) is 0.382. The van der Waals surface area contributed by atoms with E-state index in [1.165, 1.54) is 6.92 Å². The summed E-state index contributed by atoms with van der Waals surface area (Å²) in [5, 5.41) is 15.9.